The Hall–Kier alpha value is -1.81. The molecule has 1 aliphatic heterocycles. The average Bonchev–Trinajstić information content (AvgIpc) is 2.61. The fourth-order valence-electron chi connectivity index (χ4n) is 3.13. The third-order valence-electron chi connectivity index (χ3n) is 4.54. The number of nitriles is 1. The second kappa shape index (κ2) is 8.73. The van der Waals surface area contributed by atoms with Crippen molar-refractivity contribution in [1.29, 1.82) is 5.26 Å². The Balaban J connectivity index is 1.98. The Kier molecular flexibility index (Phi) is 6.66. The van der Waals surface area contributed by atoms with Gasteiger partial charge in [-0.05, 0) is 12.3 Å². The summed E-state index contributed by atoms with van der Waals surface area (Å²) in [5, 5.41) is 8.93. The molecular weight excluding hydrogens is 298 g/mol. The van der Waals surface area contributed by atoms with E-state index in [9.17, 15) is 9.59 Å². The monoisotopic (exact) mass is 323 g/mol. The first-order valence-corrected chi connectivity index (χ1v) is 8.32. The number of hydrogen-bond donors (Lipinski definition) is 0. The van der Waals surface area contributed by atoms with Crippen LogP contribution >= 0.6 is 0 Å². The molecule has 0 N–H and O–H groups in total. The van der Waals surface area contributed by atoms with E-state index in [4.69, 9.17) is 14.7 Å². The van der Waals surface area contributed by atoms with Crippen LogP contribution < -0.4 is 0 Å². The van der Waals surface area contributed by atoms with Gasteiger partial charge in [0.15, 0.2) is 12.3 Å². The van der Waals surface area contributed by atoms with E-state index in [2.05, 4.69) is 0 Å². The van der Waals surface area contributed by atoms with Crippen molar-refractivity contribution in [3.05, 3.63) is 0 Å². The summed E-state index contributed by atoms with van der Waals surface area (Å²) in [5.41, 5.74) is 0. The summed E-state index contributed by atoms with van der Waals surface area (Å²) in [6.07, 6.45) is 6.55. The molecular formula is C16H25N3O4. The minimum absolute atomic E-state index is 0.377. The zero-order chi connectivity index (χ0) is 16.7. The van der Waals surface area contributed by atoms with Gasteiger partial charge in [-0.25, -0.2) is 9.69 Å². The van der Waals surface area contributed by atoms with E-state index in [1.807, 2.05) is 0 Å². The van der Waals surface area contributed by atoms with Gasteiger partial charge in [-0.2, -0.15) is 5.26 Å². The minimum Gasteiger partial charge on any atom is -0.436 e. The molecule has 2 rings (SSSR count). The molecule has 1 aliphatic carbocycles. The molecule has 2 aliphatic rings. The highest BCUT2D eigenvalue weighted by Gasteiger charge is 2.31. The molecule has 0 aromatic heterocycles. The molecule has 0 bridgehead atoms. The van der Waals surface area contributed by atoms with E-state index in [-0.39, 0.29) is 0 Å². The number of ether oxygens (including phenoxy) is 2. The Bertz CT molecular complexity index is 451. The van der Waals surface area contributed by atoms with E-state index in [0.717, 1.165) is 30.6 Å². The molecule has 0 unspecified atom stereocenters. The summed E-state index contributed by atoms with van der Waals surface area (Å²) in [5.74, 6) is -0.0676. The molecule has 0 aromatic carbocycles. The lowest BCUT2D eigenvalue weighted by atomic mass is 9.85. The van der Waals surface area contributed by atoms with Crippen LogP contribution in [-0.2, 0) is 14.3 Å². The molecule has 0 spiro atoms. The normalized spacial score (nSPS) is 20.4. The fraction of sp³-hybridized carbons (Fsp3) is 0.812. The lowest BCUT2D eigenvalue weighted by Gasteiger charge is -2.30. The predicted molar refractivity (Wildman–Crippen MR) is 82.2 cm³/mol. The van der Waals surface area contributed by atoms with Crippen LogP contribution in [0.1, 0.15) is 38.5 Å². The number of amides is 2. The van der Waals surface area contributed by atoms with Gasteiger partial charge in [-0.3, -0.25) is 4.79 Å². The van der Waals surface area contributed by atoms with Crippen LogP contribution in [0.25, 0.3) is 0 Å². The van der Waals surface area contributed by atoms with Gasteiger partial charge >= 0.3 is 6.09 Å². The summed E-state index contributed by atoms with van der Waals surface area (Å²) in [4.78, 5) is 27.1. The van der Waals surface area contributed by atoms with Crippen molar-refractivity contribution in [3.8, 4) is 6.19 Å². The maximum atomic E-state index is 12.3. The average molecular weight is 323 g/mol. The summed E-state index contributed by atoms with van der Waals surface area (Å²) in [7, 11) is 1.40. The number of likely N-dealkylation sites (N-methyl/N-ethyl adjacent to an activating group) is 1. The Morgan fingerprint density at radius 1 is 1.30 bits per heavy atom. The Labute approximate surface area is 137 Å². The topological polar surface area (TPSA) is 82.9 Å². The first-order chi connectivity index (χ1) is 11.1. The van der Waals surface area contributed by atoms with Crippen LogP contribution in [0.4, 0.5) is 4.79 Å². The van der Waals surface area contributed by atoms with Crippen LogP contribution in [-0.4, -0.2) is 61.3 Å². The van der Waals surface area contributed by atoms with Crippen molar-refractivity contribution in [2.45, 2.75) is 44.6 Å². The molecule has 2 amide bonds. The Morgan fingerprint density at radius 2 is 1.96 bits per heavy atom. The molecule has 128 valence electrons. The van der Waals surface area contributed by atoms with Crippen LogP contribution in [0.15, 0.2) is 0 Å². The second-order valence-corrected chi connectivity index (χ2v) is 6.21. The molecule has 0 aromatic rings. The molecule has 1 saturated heterocycles. The predicted octanol–water partition coefficient (Wildman–Crippen LogP) is 1.73. The summed E-state index contributed by atoms with van der Waals surface area (Å²) in [6.45, 7) is 1.90. The zero-order valence-corrected chi connectivity index (χ0v) is 13.7. The third kappa shape index (κ3) is 5.10. The number of carbonyl (C=O) groups excluding carboxylic acids is 2. The number of morpholine rings is 1. The summed E-state index contributed by atoms with van der Waals surface area (Å²) in [6, 6.07) is 0. The van der Waals surface area contributed by atoms with Gasteiger partial charge < -0.3 is 14.4 Å². The van der Waals surface area contributed by atoms with E-state index < -0.39 is 18.1 Å². The van der Waals surface area contributed by atoms with Crippen LogP contribution in [0, 0.1) is 17.4 Å². The zero-order valence-electron chi connectivity index (χ0n) is 13.7. The highest BCUT2D eigenvalue weighted by atomic mass is 16.6. The van der Waals surface area contributed by atoms with Crippen LogP contribution in [0.2, 0.25) is 0 Å². The lowest BCUT2D eigenvalue weighted by Crippen LogP contribution is -2.45. The first kappa shape index (κ1) is 17.5. The number of nitrogens with zero attached hydrogens (tertiary/aromatic N) is 3. The van der Waals surface area contributed by atoms with Crippen molar-refractivity contribution in [3.63, 3.8) is 0 Å². The van der Waals surface area contributed by atoms with E-state index in [1.54, 1.807) is 11.1 Å². The maximum Gasteiger partial charge on any atom is 0.410 e. The number of hydrogen-bond acceptors (Lipinski definition) is 5. The van der Waals surface area contributed by atoms with Crippen molar-refractivity contribution in [1.82, 2.24) is 9.80 Å². The quantitative estimate of drug-likeness (QED) is 0.581. The number of rotatable bonds is 4. The van der Waals surface area contributed by atoms with Gasteiger partial charge in [-0.1, -0.05) is 32.1 Å². The third-order valence-corrected chi connectivity index (χ3v) is 4.54. The Morgan fingerprint density at radius 3 is 2.57 bits per heavy atom. The standard InChI is InChI=1S/C16H25N3O4/c1-18(12-17)15(20)14(11-13-5-3-2-4-6-13)23-16(21)19-7-9-22-10-8-19/h13-14H,2-11H2,1H3/t14-/m0/s1. The van der Waals surface area contributed by atoms with Gasteiger partial charge in [-0.15, -0.1) is 0 Å². The first-order valence-electron chi connectivity index (χ1n) is 8.32. The van der Waals surface area contributed by atoms with Crippen molar-refractivity contribution >= 4 is 12.0 Å². The highest BCUT2D eigenvalue weighted by molar-refractivity contribution is 5.84. The molecule has 1 heterocycles. The largest absolute Gasteiger partial charge is 0.436 e. The van der Waals surface area contributed by atoms with Gasteiger partial charge in [0.2, 0.25) is 0 Å². The van der Waals surface area contributed by atoms with Gasteiger partial charge in [0.25, 0.3) is 5.91 Å². The summed E-state index contributed by atoms with van der Waals surface area (Å²) < 4.78 is 10.7. The fourth-order valence-corrected chi connectivity index (χ4v) is 3.13. The summed E-state index contributed by atoms with van der Waals surface area (Å²) >= 11 is 0. The van der Waals surface area contributed by atoms with E-state index in [0.29, 0.717) is 38.6 Å². The molecule has 7 nitrogen and oxygen atoms in total. The molecule has 23 heavy (non-hydrogen) atoms. The molecule has 1 atom stereocenters. The molecule has 1 saturated carbocycles. The van der Waals surface area contributed by atoms with Gasteiger partial charge in [0.05, 0.1) is 13.2 Å². The van der Waals surface area contributed by atoms with Gasteiger partial charge in [0.1, 0.15) is 0 Å². The maximum absolute atomic E-state index is 12.3. The SMILES string of the molecule is CN(C#N)C(=O)[C@H](CC1CCCCC1)OC(=O)N1CCOCC1. The number of carbonyl (C=O) groups is 2. The molecule has 7 heteroatoms. The van der Waals surface area contributed by atoms with Gasteiger partial charge in [0, 0.05) is 20.1 Å². The highest BCUT2D eigenvalue weighted by Crippen LogP contribution is 2.28. The smallest absolute Gasteiger partial charge is 0.410 e. The lowest BCUT2D eigenvalue weighted by molar-refractivity contribution is -0.138. The molecule has 2 fully saturated rings. The minimum atomic E-state index is -0.877. The van der Waals surface area contributed by atoms with Crippen molar-refractivity contribution in [2.24, 2.45) is 5.92 Å². The van der Waals surface area contributed by atoms with Crippen molar-refractivity contribution in [2.75, 3.05) is 33.4 Å². The van der Waals surface area contributed by atoms with E-state index in [1.165, 1.54) is 13.5 Å². The van der Waals surface area contributed by atoms with Crippen LogP contribution in [0.5, 0.6) is 0 Å². The molecule has 0 radical (unpaired) electrons. The van der Waals surface area contributed by atoms with E-state index >= 15 is 0 Å². The van der Waals surface area contributed by atoms with Crippen molar-refractivity contribution < 1.29 is 19.1 Å². The van der Waals surface area contributed by atoms with Crippen LogP contribution in [0.3, 0.4) is 0 Å². The second-order valence-electron chi connectivity index (χ2n) is 6.21.